The first kappa shape index (κ1) is 15.2. The van der Waals surface area contributed by atoms with Gasteiger partial charge in [0.1, 0.15) is 6.10 Å². The zero-order chi connectivity index (χ0) is 13.2. The van der Waals surface area contributed by atoms with Crippen LogP contribution >= 0.6 is 15.9 Å². The number of hydrogen-bond donors (Lipinski definition) is 0. The smallest absolute Gasteiger partial charge is 0.306 e. The fourth-order valence-corrected chi connectivity index (χ4v) is 1.76. The number of alkyl halides is 1. The van der Waals surface area contributed by atoms with Crippen LogP contribution in [-0.2, 0) is 20.9 Å². The molecule has 0 heterocycles. The molecule has 0 bridgehead atoms. The maximum atomic E-state index is 11.3. The second-order valence-electron chi connectivity index (χ2n) is 4.02. The Hall–Kier alpha value is -0.870. The van der Waals surface area contributed by atoms with E-state index in [0.717, 1.165) is 12.0 Å². The van der Waals surface area contributed by atoms with Crippen molar-refractivity contribution >= 4 is 21.9 Å². The number of esters is 1. The molecule has 0 amide bonds. The normalized spacial score (nSPS) is 12.1. The topological polar surface area (TPSA) is 35.5 Å². The molecule has 1 aromatic carbocycles. The van der Waals surface area contributed by atoms with Crippen LogP contribution in [0.25, 0.3) is 0 Å². The predicted octanol–water partition coefficient (Wildman–Crippen LogP) is 3.31. The summed E-state index contributed by atoms with van der Waals surface area (Å²) >= 11 is 3.32. The van der Waals surface area contributed by atoms with E-state index in [1.807, 2.05) is 37.3 Å². The second-order valence-corrected chi connectivity index (χ2v) is 4.66. The van der Waals surface area contributed by atoms with Crippen LogP contribution < -0.4 is 0 Å². The Labute approximate surface area is 117 Å². The Bertz CT molecular complexity index is 340. The van der Waals surface area contributed by atoms with Gasteiger partial charge in [-0.2, -0.15) is 0 Å². The Morgan fingerprint density at radius 1 is 1.33 bits per heavy atom. The van der Waals surface area contributed by atoms with E-state index < -0.39 is 0 Å². The van der Waals surface area contributed by atoms with Crippen LogP contribution in [0.3, 0.4) is 0 Å². The van der Waals surface area contributed by atoms with E-state index >= 15 is 0 Å². The highest BCUT2D eigenvalue weighted by Crippen LogP contribution is 2.05. The van der Waals surface area contributed by atoms with Gasteiger partial charge < -0.3 is 9.47 Å². The van der Waals surface area contributed by atoms with E-state index in [-0.39, 0.29) is 12.1 Å². The lowest BCUT2D eigenvalue weighted by molar-refractivity contribution is -0.150. The molecule has 0 radical (unpaired) electrons. The van der Waals surface area contributed by atoms with Crippen molar-refractivity contribution in [3.8, 4) is 0 Å². The standard InChI is InChI=1S/C14H19BrO3/c1-2-6-14(16)18-13(9-15)11-17-10-12-7-4-3-5-8-12/h3-5,7-8,13H,2,6,9-11H2,1H3/t13-/m0/s1. The number of benzene rings is 1. The number of rotatable bonds is 8. The molecule has 0 spiro atoms. The van der Waals surface area contributed by atoms with E-state index in [4.69, 9.17) is 9.47 Å². The third kappa shape index (κ3) is 6.17. The Balaban J connectivity index is 2.25. The van der Waals surface area contributed by atoms with E-state index in [2.05, 4.69) is 15.9 Å². The van der Waals surface area contributed by atoms with Gasteiger partial charge in [-0.05, 0) is 12.0 Å². The van der Waals surface area contributed by atoms with Crippen molar-refractivity contribution in [2.75, 3.05) is 11.9 Å². The molecule has 4 heteroatoms. The van der Waals surface area contributed by atoms with Crippen LogP contribution in [0.15, 0.2) is 30.3 Å². The van der Waals surface area contributed by atoms with Gasteiger partial charge in [0.2, 0.25) is 0 Å². The molecule has 0 fully saturated rings. The second kappa shape index (κ2) is 9.11. The van der Waals surface area contributed by atoms with Crippen molar-refractivity contribution in [3.05, 3.63) is 35.9 Å². The average Bonchev–Trinajstić information content (AvgIpc) is 2.39. The lowest BCUT2D eigenvalue weighted by Gasteiger charge is -2.15. The van der Waals surface area contributed by atoms with Gasteiger partial charge in [0, 0.05) is 11.8 Å². The van der Waals surface area contributed by atoms with E-state index in [1.54, 1.807) is 0 Å². The quantitative estimate of drug-likeness (QED) is 0.545. The van der Waals surface area contributed by atoms with E-state index in [0.29, 0.717) is 25.0 Å². The SMILES string of the molecule is CCCC(=O)O[C@@H](CBr)COCc1ccccc1. The highest BCUT2D eigenvalue weighted by Gasteiger charge is 2.12. The van der Waals surface area contributed by atoms with Gasteiger partial charge in [-0.3, -0.25) is 4.79 Å². The van der Waals surface area contributed by atoms with Gasteiger partial charge in [0.05, 0.1) is 13.2 Å². The molecule has 0 aromatic heterocycles. The van der Waals surface area contributed by atoms with Gasteiger partial charge in [-0.15, -0.1) is 0 Å². The molecule has 3 nitrogen and oxygen atoms in total. The minimum atomic E-state index is -0.215. The van der Waals surface area contributed by atoms with Crippen LogP contribution in [0.2, 0.25) is 0 Å². The zero-order valence-electron chi connectivity index (χ0n) is 10.6. The molecule has 1 aromatic rings. The molecule has 1 rings (SSSR count). The summed E-state index contributed by atoms with van der Waals surface area (Å²) in [5.74, 6) is -0.162. The highest BCUT2D eigenvalue weighted by atomic mass is 79.9. The van der Waals surface area contributed by atoms with Crippen molar-refractivity contribution in [2.45, 2.75) is 32.5 Å². The molecule has 0 aliphatic rings. The van der Waals surface area contributed by atoms with Crippen LogP contribution in [0.1, 0.15) is 25.3 Å². The molecule has 0 saturated heterocycles. The van der Waals surface area contributed by atoms with Gasteiger partial charge in [0.15, 0.2) is 0 Å². The lowest BCUT2D eigenvalue weighted by atomic mass is 10.2. The van der Waals surface area contributed by atoms with Crippen LogP contribution in [0, 0.1) is 0 Å². The van der Waals surface area contributed by atoms with E-state index in [1.165, 1.54) is 0 Å². The van der Waals surface area contributed by atoms with Gasteiger partial charge in [0.25, 0.3) is 0 Å². The largest absolute Gasteiger partial charge is 0.459 e. The van der Waals surface area contributed by atoms with Crippen LogP contribution in [0.5, 0.6) is 0 Å². The van der Waals surface area contributed by atoms with Crippen molar-refractivity contribution < 1.29 is 14.3 Å². The number of ether oxygens (including phenoxy) is 2. The van der Waals surface area contributed by atoms with Crippen LogP contribution in [-0.4, -0.2) is 24.0 Å². The molecular formula is C14H19BrO3. The summed E-state index contributed by atoms with van der Waals surface area (Å²) in [4.78, 5) is 11.3. The maximum absolute atomic E-state index is 11.3. The summed E-state index contributed by atoms with van der Waals surface area (Å²) in [5.41, 5.74) is 1.12. The molecule has 0 N–H and O–H groups in total. The molecule has 0 saturated carbocycles. The van der Waals surface area contributed by atoms with Gasteiger partial charge in [-0.25, -0.2) is 0 Å². The summed E-state index contributed by atoms with van der Waals surface area (Å²) in [6, 6.07) is 9.93. The third-order valence-electron chi connectivity index (χ3n) is 2.34. The summed E-state index contributed by atoms with van der Waals surface area (Å²) in [7, 11) is 0. The summed E-state index contributed by atoms with van der Waals surface area (Å²) < 4.78 is 10.8. The molecule has 0 unspecified atom stereocenters. The average molecular weight is 315 g/mol. The predicted molar refractivity (Wildman–Crippen MR) is 74.7 cm³/mol. The Morgan fingerprint density at radius 2 is 2.06 bits per heavy atom. The number of hydrogen-bond acceptors (Lipinski definition) is 3. The summed E-state index contributed by atoms with van der Waals surface area (Å²) in [6.45, 7) is 2.90. The molecule has 100 valence electrons. The monoisotopic (exact) mass is 314 g/mol. The number of carbonyl (C=O) groups is 1. The minimum absolute atomic E-state index is 0.162. The molecule has 0 aliphatic heterocycles. The first-order valence-electron chi connectivity index (χ1n) is 6.13. The lowest BCUT2D eigenvalue weighted by Crippen LogP contribution is -2.24. The van der Waals surface area contributed by atoms with E-state index in [9.17, 15) is 4.79 Å². The van der Waals surface area contributed by atoms with Gasteiger partial charge in [-0.1, -0.05) is 53.2 Å². The highest BCUT2D eigenvalue weighted by molar-refractivity contribution is 9.09. The summed E-state index contributed by atoms with van der Waals surface area (Å²) in [6.07, 6.45) is 1.05. The summed E-state index contributed by atoms with van der Waals surface area (Å²) in [5, 5.41) is 0.594. The first-order valence-corrected chi connectivity index (χ1v) is 7.25. The maximum Gasteiger partial charge on any atom is 0.306 e. The number of carbonyl (C=O) groups excluding carboxylic acids is 1. The Morgan fingerprint density at radius 3 is 2.67 bits per heavy atom. The minimum Gasteiger partial charge on any atom is -0.459 e. The molecule has 1 atom stereocenters. The zero-order valence-corrected chi connectivity index (χ0v) is 12.2. The fourth-order valence-electron chi connectivity index (χ4n) is 1.44. The number of halogens is 1. The van der Waals surface area contributed by atoms with Crippen molar-refractivity contribution in [2.24, 2.45) is 0 Å². The van der Waals surface area contributed by atoms with Crippen LogP contribution in [0.4, 0.5) is 0 Å². The molecule has 0 aliphatic carbocycles. The van der Waals surface area contributed by atoms with Crippen molar-refractivity contribution in [1.82, 2.24) is 0 Å². The third-order valence-corrected chi connectivity index (χ3v) is 3.06. The van der Waals surface area contributed by atoms with Crippen molar-refractivity contribution in [3.63, 3.8) is 0 Å². The first-order chi connectivity index (χ1) is 8.76. The van der Waals surface area contributed by atoms with Gasteiger partial charge >= 0.3 is 5.97 Å². The van der Waals surface area contributed by atoms with Crippen molar-refractivity contribution in [1.29, 1.82) is 0 Å². The molecule has 18 heavy (non-hydrogen) atoms. The Kier molecular flexibility index (Phi) is 7.69. The molecular weight excluding hydrogens is 296 g/mol. The fraction of sp³-hybridized carbons (Fsp3) is 0.500.